The molecule has 0 saturated carbocycles. The van der Waals surface area contributed by atoms with E-state index in [9.17, 15) is 4.79 Å². The van der Waals surface area contributed by atoms with Crippen LogP contribution in [0.1, 0.15) is 13.8 Å². The maximum atomic E-state index is 11.7. The summed E-state index contributed by atoms with van der Waals surface area (Å²) >= 11 is 5.95. The monoisotopic (exact) mass is 248 g/mol. The predicted molar refractivity (Wildman–Crippen MR) is 70.2 cm³/mol. The van der Waals surface area contributed by atoms with Crippen LogP contribution < -0.4 is 5.32 Å². The number of halogens is 1. The number of amides is 1. The number of pyridine rings is 1. The molecule has 2 aromatic rings. The van der Waals surface area contributed by atoms with Crippen molar-refractivity contribution in [2.24, 2.45) is 5.92 Å². The zero-order valence-electron chi connectivity index (χ0n) is 9.70. The van der Waals surface area contributed by atoms with Crippen molar-refractivity contribution in [1.82, 2.24) is 4.98 Å². The minimum absolute atomic E-state index is 0.0162. The van der Waals surface area contributed by atoms with Gasteiger partial charge in [-0.1, -0.05) is 25.4 Å². The quantitative estimate of drug-likeness (QED) is 0.884. The van der Waals surface area contributed by atoms with Crippen LogP contribution in [0.2, 0.25) is 5.02 Å². The number of hydrogen-bond acceptors (Lipinski definition) is 2. The number of nitrogens with zero attached hydrogens (tertiary/aromatic N) is 1. The lowest BCUT2D eigenvalue weighted by Crippen LogP contribution is -2.17. The second kappa shape index (κ2) is 4.72. The minimum Gasteiger partial charge on any atom is -0.325 e. The van der Waals surface area contributed by atoms with Gasteiger partial charge in [0.15, 0.2) is 0 Å². The van der Waals surface area contributed by atoms with Crippen molar-refractivity contribution in [1.29, 1.82) is 0 Å². The van der Waals surface area contributed by atoms with Gasteiger partial charge in [-0.05, 0) is 24.3 Å². The van der Waals surface area contributed by atoms with Crippen LogP contribution in [0, 0.1) is 5.92 Å². The zero-order chi connectivity index (χ0) is 12.4. The summed E-state index contributed by atoms with van der Waals surface area (Å²) < 4.78 is 0. The molecular weight excluding hydrogens is 236 g/mol. The van der Waals surface area contributed by atoms with E-state index >= 15 is 0 Å². The van der Waals surface area contributed by atoms with Gasteiger partial charge in [0, 0.05) is 22.5 Å². The predicted octanol–water partition coefficient (Wildman–Crippen LogP) is 3.48. The van der Waals surface area contributed by atoms with Gasteiger partial charge in [0.05, 0.1) is 11.2 Å². The Bertz CT molecular complexity index is 566. The van der Waals surface area contributed by atoms with Crippen molar-refractivity contribution in [2.75, 3.05) is 5.32 Å². The first-order chi connectivity index (χ1) is 8.08. The van der Waals surface area contributed by atoms with Crippen LogP contribution in [-0.2, 0) is 4.79 Å². The number of benzene rings is 1. The number of aromatic nitrogens is 1. The van der Waals surface area contributed by atoms with Gasteiger partial charge in [0.25, 0.3) is 0 Å². The summed E-state index contributed by atoms with van der Waals surface area (Å²) in [7, 11) is 0. The summed E-state index contributed by atoms with van der Waals surface area (Å²) in [4.78, 5) is 15.9. The van der Waals surface area contributed by atoms with Crippen LogP contribution in [0.25, 0.3) is 10.9 Å². The molecule has 1 aromatic heterocycles. The van der Waals surface area contributed by atoms with Crippen LogP contribution in [0.4, 0.5) is 5.69 Å². The largest absolute Gasteiger partial charge is 0.325 e. The summed E-state index contributed by atoms with van der Waals surface area (Å²) in [6.07, 6.45) is 1.67. The van der Waals surface area contributed by atoms with Crippen molar-refractivity contribution < 1.29 is 4.79 Å². The maximum Gasteiger partial charge on any atom is 0.226 e. The second-order valence-electron chi connectivity index (χ2n) is 4.16. The molecule has 2 rings (SSSR count). The molecule has 0 radical (unpaired) electrons. The Morgan fingerprint density at radius 3 is 2.82 bits per heavy atom. The lowest BCUT2D eigenvalue weighted by atomic mass is 10.1. The minimum atomic E-state index is -0.0580. The molecule has 0 atom stereocenters. The number of fused-ring (bicyclic) bond motifs is 1. The Morgan fingerprint density at radius 2 is 2.12 bits per heavy atom. The fraction of sp³-hybridized carbons (Fsp3) is 0.231. The summed E-state index contributed by atoms with van der Waals surface area (Å²) in [5.74, 6) is -0.0742. The van der Waals surface area contributed by atoms with E-state index in [4.69, 9.17) is 11.6 Å². The third-order valence-electron chi connectivity index (χ3n) is 2.49. The van der Waals surface area contributed by atoms with Gasteiger partial charge in [-0.2, -0.15) is 0 Å². The average Bonchev–Trinajstić information content (AvgIpc) is 2.29. The highest BCUT2D eigenvalue weighted by atomic mass is 35.5. The first-order valence-electron chi connectivity index (χ1n) is 5.43. The Balaban J connectivity index is 2.46. The third kappa shape index (κ3) is 2.56. The van der Waals surface area contributed by atoms with E-state index in [2.05, 4.69) is 10.3 Å². The lowest BCUT2D eigenvalue weighted by molar-refractivity contribution is -0.118. The second-order valence-corrected chi connectivity index (χ2v) is 4.60. The van der Waals surface area contributed by atoms with E-state index in [1.165, 1.54) is 0 Å². The molecule has 1 amide bonds. The van der Waals surface area contributed by atoms with E-state index in [0.717, 1.165) is 16.6 Å². The van der Waals surface area contributed by atoms with E-state index in [1.807, 2.05) is 19.9 Å². The van der Waals surface area contributed by atoms with Crippen molar-refractivity contribution >= 4 is 34.1 Å². The number of rotatable bonds is 2. The molecule has 1 aromatic carbocycles. The number of carbonyl (C=O) groups is 1. The molecule has 17 heavy (non-hydrogen) atoms. The molecule has 0 aliphatic heterocycles. The Morgan fingerprint density at radius 1 is 1.35 bits per heavy atom. The Hall–Kier alpha value is -1.61. The van der Waals surface area contributed by atoms with Crippen LogP contribution in [0.15, 0.2) is 30.5 Å². The number of carbonyl (C=O) groups excluding carboxylic acids is 1. The average molecular weight is 249 g/mol. The molecule has 0 spiro atoms. The van der Waals surface area contributed by atoms with Crippen LogP contribution >= 0.6 is 11.6 Å². The number of anilines is 1. The fourth-order valence-corrected chi connectivity index (χ4v) is 1.68. The zero-order valence-corrected chi connectivity index (χ0v) is 10.5. The van der Waals surface area contributed by atoms with Gasteiger partial charge >= 0.3 is 0 Å². The van der Waals surface area contributed by atoms with Crippen LogP contribution in [0.3, 0.4) is 0 Å². The fourth-order valence-electron chi connectivity index (χ4n) is 1.50. The highest BCUT2D eigenvalue weighted by Crippen LogP contribution is 2.25. The molecule has 0 unspecified atom stereocenters. The molecule has 0 fully saturated rings. The van der Waals surface area contributed by atoms with Crippen molar-refractivity contribution in [3.8, 4) is 0 Å². The van der Waals surface area contributed by atoms with Crippen LogP contribution in [-0.4, -0.2) is 10.9 Å². The first kappa shape index (κ1) is 11.9. The van der Waals surface area contributed by atoms with E-state index in [1.54, 1.807) is 24.4 Å². The molecule has 1 heterocycles. The number of hydrogen-bond donors (Lipinski definition) is 1. The standard InChI is InChI=1S/C13H13ClN2O/c1-8(2)13(17)16-12-5-6-15-11-4-3-9(14)7-10(11)12/h3-8H,1-2H3,(H,15,16,17). The highest BCUT2D eigenvalue weighted by molar-refractivity contribution is 6.31. The van der Waals surface area contributed by atoms with Crippen molar-refractivity contribution in [3.63, 3.8) is 0 Å². The van der Waals surface area contributed by atoms with Gasteiger partial charge in [-0.25, -0.2) is 0 Å². The molecule has 1 N–H and O–H groups in total. The van der Waals surface area contributed by atoms with Gasteiger partial charge in [-0.3, -0.25) is 9.78 Å². The van der Waals surface area contributed by atoms with Crippen LogP contribution in [0.5, 0.6) is 0 Å². The van der Waals surface area contributed by atoms with Gasteiger partial charge in [0.1, 0.15) is 0 Å². The summed E-state index contributed by atoms with van der Waals surface area (Å²) in [5.41, 5.74) is 1.56. The highest BCUT2D eigenvalue weighted by Gasteiger charge is 2.09. The molecule has 0 aliphatic carbocycles. The molecule has 3 nitrogen and oxygen atoms in total. The SMILES string of the molecule is CC(C)C(=O)Nc1ccnc2ccc(Cl)cc12. The molecule has 4 heteroatoms. The molecular formula is C13H13ClN2O. The molecule has 88 valence electrons. The molecule has 0 saturated heterocycles. The summed E-state index contributed by atoms with van der Waals surface area (Å²) in [6.45, 7) is 3.71. The van der Waals surface area contributed by atoms with Gasteiger partial charge < -0.3 is 5.32 Å². The molecule has 0 aliphatic rings. The smallest absolute Gasteiger partial charge is 0.226 e. The summed E-state index contributed by atoms with van der Waals surface area (Å²) in [5, 5.41) is 4.36. The molecule has 0 bridgehead atoms. The Labute approximate surface area is 105 Å². The van der Waals surface area contributed by atoms with E-state index < -0.39 is 0 Å². The van der Waals surface area contributed by atoms with E-state index in [0.29, 0.717) is 5.02 Å². The topological polar surface area (TPSA) is 42.0 Å². The van der Waals surface area contributed by atoms with Gasteiger partial charge in [0.2, 0.25) is 5.91 Å². The van der Waals surface area contributed by atoms with Crippen molar-refractivity contribution in [3.05, 3.63) is 35.5 Å². The third-order valence-corrected chi connectivity index (χ3v) is 2.72. The van der Waals surface area contributed by atoms with Gasteiger partial charge in [-0.15, -0.1) is 0 Å². The lowest BCUT2D eigenvalue weighted by Gasteiger charge is -2.10. The normalized spacial score (nSPS) is 10.8. The summed E-state index contributed by atoms with van der Waals surface area (Å²) in [6, 6.07) is 7.20. The Kier molecular flexibility index (Phi) is 3.29. The van der Waals surface area contributed by atoms with Crippen molar-refractivity contribution in [2.45, 2.75) is 13.8 Å². The first-order valence-corrected chi connectivity index (χ1v) is 5.81. The maximum absolute atomic E-state index is 11.7. The number of nitrogens with one attached hydrogen (secondary N) is 1. The van der Waals surface area contributed by atoms with E-state index in [-0.39, 0.29) is 11.8 Å².